The summed E-state index contributed by atoms with van der Waals surface area (Å²) >= 11 is 0. The van der Waals surface area contributed by atoms with Crippen LogP contribution in [0.25, 0.3) is 0 Å². The second kappa shape index (κ2) is 8.94. The van der Waals surface area contributed by atoms with Crippen LogP contribution in [0.2, 0.25) is 0 Å². The van der Waals surface area contributed by atoms with Gasteiger partial charge in [0.25, 0.3) is 0 Å². The van der Waals surface area contributed by atoms with E-state index in [0.29, 0.717) is 0 Å². The molecule has 1 heterocycles. The van der Waals surface area contributed by atoms with Crippen LogP contribution in [-0.4, -0.2) is 54.8 Å². The van der Waals surface area contributed by atoms with Gasteiger partial charge in [-0.1, -0.05) is 0 Å². The number of anilines is 1. The Hall–Kier alpha value is -1.07. The fourth-order valence-electron chi connectivity index (χ4n) is 1.73. The van der Waals surface area contributed by atoms with Gasteiger partial charge in [0, 0.05) is 38.7 Å². The SMILES string of the molecule is CCOCCCn1ccnc1NCCCN(C)C. The van der Waals surface area contributed by atoms with Crippen LogP contribution in [0.15, 0.2) is 12.4 Å². The normalized spacial score (nSPS) is 11.1. The summed E-state index contributed by atoms with van der Waals surface area (Å²) < 4.78 is 7.48. The molecule has 0 aliphatic carbocycles. The van der Waals surface area contributed by atoms with Crippen molar-refractivity contribution in [2.24, 2.45) is 0 Å². The summed E-state index contributed by atoms with van der Waals surface area (Å²) in [6, 6.07) is 0. The summed E-state index contributed by atoms with van der Waals surface area (Å²) in [6.07, 6.45) is 6.00. The molecule has 0 saturated carbocycles. The first-order chi connectivity index (χ1) is 8.74. The Bertz CT molecular complexity index is 312. The Balaban J connectivity index is 2.22. The first-order valence-corrected chi connectivity index (χ1v) is 6.71. The summed E-state index contributed by atoms with van der Waals surface area (Å²) in [7, 11) is 4.18. The van der Waals surface area contributed by atoms with Crippen molar-refractivity contribution in [3.63, 3.8) is 0 Å². The molecule has 0 fully saturated rings. The third-order valence-corrected chi connectivity index (χ3v) is 2.67. The molecular formula is C13H26N4O. The van der Waals surface area contributed by atoms with Crippen LogP contribution < -0.4 is 5.32 Å². The molecule has 0 radical (unpaired) electrons. The molecule has 0 saturated heterocycles. The van der Waals surface area contributed by atoms with Gasteiger partial charge in [0.1, 0.15) is 0 Å². The van der Waals surface area contributed by atoms with Crippen molar-refractivity contribution in [2.75, 3.05) is 45.7 Å². The quantitative estimate of drug-likeness (QED) is 0.645. The Morgan fingerprint density at radius 3 is 2.94 bits per heavy atom. The van der Waals surface area contributed by atoms with Gasteiger partial charge < -0.3 is 19.5 Å². The number of rotatable bonds is 10. The molecule has 5 heteroatoms. The van der Waals surface area contributed by atoms with E-state index in [2.05, 4.69) is 33.9 Å². The van der Waals surface area contributed by atoms with Crippen LogP contribution in [0.4, 0.5) is 5.95 Å². The fourth-order valence-corrected chi connectivity index (χ4v) is 1.73. The molecule has 1 aromatic heterocycles. The molecule has 1 N–H and O–H groups in total. The average Bonchev–Trinajstić information content (AvgIpc) is 2.78. The second-order valence-corrected chi connectivity index (χ2v) is 4.58. The molecule has 0 aromatic carbocycles. The van der Waals surface area contributed by atoms with Gasteiger partial charge in [-0.3, -0.25) is 0 Å². The lowest BCUT2D eigenvalue weighted by molar-refractivity contribution is 0.142. The summed E-state index contributed by atoms with van der Waals surface area (Å²) in [6.45, 7) is 6.64. The van der Waals surface area contributed by atoms with Crippen molar-refractivity contribution >= 4 is 5.95 Å². The zero-order valence-electron chi connectivity index (χ0n) is 11.9. The fraction of sp³-hybridized carbons (Fsp3) is 0.769. The van der Waals surface area contributed by atoms with Crippen LogP contribution in [0, 0.1) is 0 Å². The highest BCUT2D eigenvalue weighted by atomic mass is 16.5. The largest absolute Gasteiger partial charge is 0.382 e. The van der Waals surface area contributed by atoms with E-state index in [-0.39, 0.29) is 0 Å². The number of hydrogen-bond acceptors (Lipinski definition) is 4. The number of hydrogen-bond donors (Lipinski definition) is 1. The van der Waals surface area contributed by atoms with Gasteiger partial charge in [0.05, 0.1) is 0 Å². The summed E-state index contributed by atoms with van der Waals surface area (Å²) in [5.41, 5.74) is 0. The third kappa shape index (κ3) is 6.02. The van der Waals surface area contributed by atoms with E-state index in [1.807, 2.05) is 19.3 Å². The monoisotopic (exact) mass is 254 g/mol. The van der Waals surface area contributed by atoms with Crippen molar-refractivity contribution in [1.82, 2.24) is 14.5 Å². The number of ether oxygens (including phenoxy) is 1. The zero-order chi connectivity index (χ0) is 13.2. The van der Waals surface area contributed by atoms with Crippen LogP contribution >= 0.6 is 0 Å². The van der Waals surface area contributed by atoms with Gasteiger partial charge in [-0.25, -0.2) is 4.98 Å². The summed E-state index contributed by atoms with van der Waals surface area (Å²) in [5.74, 6) is 0.963. The average molecular weight is 254 g/mol. The number of aromatic nitrogens is 2. The maximum atomic E-state index is 5.34. The summed E-state index contributed by atoms with van der Waals surface area (Å²) in [4.78, 5) is 6.52. The Morgan fingerprint density at radius 2 is 2.22 bits per heavy atom. The standard InChI is InChI=1S/C13H26N4O/c1-4-18-12-6-10-17-11-8-15-13(17)14-7-5-9-16(2)3/h8,11H,4-7,9-10,12H2,1-3H3,(H,14,15). The first-order valence-electron chi connectivity index (χ1n) is 6.71. The van der Waals surface area contributed by atoms with Crippen molar-refractivity contribution < 1.29 is 4.74 Å². The topological polar surface area (TPSA) is 42.3 Å². The van der Waals surface area contributed by atoms with Crippen LogP contribution in [-0.2, 0) is 11.3 Å². The molecule has 0 spiro atoms. The Labute approximate surface area is 110 Å². The summed E-state index contributed by atoms with van der Waals surface area (Å²) in [5, 5.41) is 3.37. The van der Waals surface area contributed by atoms with E-state index in [4.69, 9.17) is 4.74 Å². The molecule has 0 bridgehead atoms. The molecule has 0 aliphatic rings. The molecule has 1 rings (SSSR count). The van der Waals surface area contributed by atoms with Crippen LogP contribution in [0.1, 0.15) is 19.8 Å². The maximum Gasteiger partial charge on any atom is 0.202 e. The van der Waals surface area contributed by atoms with E-state index in [9.17, 15) is 0 Å². The number of imidazole rings is 1. The van der Waals surface area contributed by atoms with Crippen molar-refractivity contribution in [3.8, 4) is 0 Å². The minimum atomic E-state index is 0.791. The highest BCUT2D eigenvalue weighted by Crippen LogP contribution is 2.05. The maximum absolute atomic E-state index is 5.34. The van der Waals surface area contributed by atoms with Gasteiger partial charge >= 0.3 is 0 Å². The van der Waals surface area contributed by atoms with E-state index in [0.717, 1.165) is 51.6 Å². The minimum absolute atomic E-state index is 0.791. The second-order valence-electron chi connectivity index (χ2n) is 4.58. The molecular weight excluding hydrogens is 228 g/mol. The lowest BCUT2D eigenvalue weighted by atomic mass is 10.4. The zero-order valence-corrected chi connectivity index (χ0v) is 11.9. The van der Waals surface area contributed by atoms with Gasteiger partial charge in [-0.05, 0) is 40.4 Å². The van der Waals surface area contributed by atoms with Crippen molar-refractivity contribution in [1.29, 1.82) is 0 Å². The van der Waals surface area contributed by atoms with Crippen LogP contribution in [0.5, 0.6) is 0 Å². The van der Waals surface area contributed by atoms with Gasteiger partial charge in [-0.15, -0.1) is 0 Å². The lowest BCUT2D eigenvalue weighted by Gasteiger charge is -2.12. The van der Waals surface area contributed by atoms with E-state index >= 15 is 0 Å². The lowest BCUT2D eigenvalue weighted by Crippen LogP contribution is -2.17. The van der Waals surface area contributed by atoms with E-state index in [1.165, 1.54) is 0 Å². The molecule has 1 aromatic rings. The van der Waals surface area contributed by atoms with Gasteiger partial charge in [0.15, 0.2) is 0 Å². The molecule has 18 heavy (non-hydrogen) atoms. The number of nitrogens with zero attached hydrogens (tertiary/aromatic N) is 3. The Kier molecular flexibility index (Phi) is 7.44. The van der Waals surface area contributed by atoms with Gasteiger partial charge in [-0.2, -0.15) is 0 Å². The molecule has 0 atom stereocenters. The molecule has 0 aliphatic heterocycles. The van der Waals surface area contributed by atoms with Crippen molar-refractivity contribution in [2.45, 2.75) is 26.3 Å². The van der Waals surface area contributed by atoms with Crippen molar-refractivity contribution in [3.05, 3.63) is 12.4 Å². The van der Waals surface area contributed by atoms with Crippen LogP contribution in [0.3, 0.4) is 0 Å². The predicted octanol–water partition coefficient (Wildman–Crippen LogP) is 1.67. The molecule has 0 unspecified atom stereocenters. The number of aryl methyl sites for hydroxylation is 1. The van der Waals surface area contributed by atoms with E-state index < -0.39 is 0 Å². The highest BCUT2D eigenvalue weighted by molar-refractivity contribution is 5.25. The predicted molar refractivity (Wildman–Crippen MR) is 75.0 cm³/mol. The smallest absolute Gasteiger partial charge is 0.202 e. The van der Waals surface area contributed by atoms with Gasteiger partial charge in [0.2, 0.25) is 5.95 Å². The molecule has 5 nitrogen and oxygen atoms in total. The third-order valence-electron chi connectivity index (χ3n) is 2.67. The number of nitrogens with one attached hydrogen (secondary N) is 1. The minimum Gasteiger partial charge on any atom is -0.382 e. The molecule has 0 amide bonds. The Morgan fingerprint density at radius 1 is 1.39 bits per heavy atom. The van der Waals surface area contributed by atoms with E-state index in [1.54, 1.807) is 0 Å². The highest BCUT2D eigenvalue weighted by Gasteiger charge is 2.01. The first kappa shape index (κ1) is 15.0. The molecule has 104 valence electrons.